The van der Waals surface area contributed by atoms with E-state index < -0.39 is 0 Å². The normalized spacial score (nSPS) is 18.7. The molecular formula is C14H25N3. The maximum atomic E-state index is 3.59. The lowest BCUT2D eigenvalue weighted by Gasteiger charge is -2.29. The van der Waals surface area contributed by atoms with E-state index in [0.717, 1.165) is 19.0 Å². The van der Waals surface area contributed by atoms with E-state index in [2.05, 4.69) is 47.2 Å². The van der Waals surface area contributed by atoms with Gasteiger partial charge < -0.3 is 14.8 Å². The Hall–Kier alpha value is -0.800. The Kier molecular flexibility index (Phi) is 4.63. The number of hydrogen-bond donors (Lipinski definition) is 1. The van der Waals surface area contributed by atoms with Crippen LogP contribution in [0.3, 0.4) is 0 Å². The van der Waals surface area contributed by atoms with Crippen LogP contribution in [0.4, 0.5) is 0 Å². The largest absolute Gasteiger partial charge is 0.354 e. The highest BCUT2D eigenvalue weighted by atomic mass is 15.1. The summed E-state index contributed by atoms with van der Waals surface area (Å²) in [6.07, 6.45) is 7.09. The highest BCUT2D eigenvalue weighted by Gasteiger charge is 2.15. The zero-order valence-electron chi connectivity index (χ0n) is 11.2. The molecule has 0 bridgehead atoms. The van der Waals surface area contributed by atoms with E-state index >= 15 is 0 Å². The van der Waals surface area contributed by atoms with Crippen molar-refractivity contribution in [2.45, 2.75) is 32.9 Å². The van der Waals surface area contributed by atoms with Crippen molar-refractivity contribution in [1.29, 1.82) is 0 Å². The third kappa shape index (κ3) is 3.86. The summed E-state index contributed by atoms with van der Waals surface area (Å²) in [6.45, 7) is 7.95. The quantitative estimate of drug-likeness (QED) is 0.841. The van der Waals surface area contributed by atoms with Gasteiger partial charge >= 0.3 is 0 Å². The second-order valence-corrected chi connectivity index (χ2v) is 5.23. The standard InChI is InChI=1S/C14H25N3/c1-3-17-9-6-14(12-17)11-15-10-13-4-7-16(2)8-5-13/h6,9,12-13,15H,3-5,7-8,10-11H2,1-2H3. The van der Waals surface area contributed by atoms with Gasteiger partial charge in [-0.15, -0.1) is 0 Å². The minimum absolute atomic E-state index is 0.875. The molecule has 1 N–H and O–H groups in total. The summed E-state index contributed by atoms with van der Waals surface area (Å²) >= 11 is 0. The SMILES string of the molecule is CCn1ccc(CNCC2CCN(C)CC2)c1. The highest BCUT2D eigenvalue weighted by Crippen LogP contribution is 2.14. The van der Waals surface area contributed by atoms with E-state index in [-0.39, 0.29) is 0 Å². The third-order valence-electron chi connectivity index (χ3n) is 3.78. The number of aromatic nitrogens is 1. The fourth-order valence-electron chi connectivity index (χ4n) is 2.48. The lowest BCUT2D eigenvalue weighted by atomic mass is 9.97. The summed E-state index contributed by atoms with van der Waals surface area (Å²) in [7, 11) is 2.22. The molecule has 0 unspecified atom stereocenters. The van der Waals surface area contributed by atoms with Crippen LogP contribution in [0.2, 0.25) is 0 Å². The van der Waals surface area contributed by atoms with Crippen LogP contribution < -0.4 is 5.32 Å². The Balaban J connectivity index is 1.65. The van der Waals surface area contributed by atoms with Gasteiger partial charge in [0.05, 0.1) is 0 Å². The maximum Gasteiger partial charge on any atom is 0.0220 e. The van der Waals surface area contributed by atoms with Crippen LogP contribution in [0.25, 0.3) is 0 Å². The molecule has 2 rings (SSSR count). The van der Waals surface area contributed by atoms with Gasteiger partial charge in [-0.25, -0.2) is 0 Å². The molecule has 1 aliphatic heterocycles. The van der Waals surface area contributed by atoms with E-state index in [1.54, 1.807) is 0 Å². The van der Waals surface area contributed by atoms with Gasteiger partial charge in [0.1, 0.15) is 0 Å². The van der Waals surface area contributed by atoms with Crippen LogP contribution in [-0.4, -0.2) is 36.1 Å². The molecule has 1 aromatic heterocycles. The number of piperidine rings is 1. The van der Waals surface area contributed by atoms with E-state index in [0.29, 0.717) is 0 Å². The molecule has 1 aliphatic rings. The van der Waals surface area contributed by atoms with Crippen molar-refractivity contribution in [3.05, 3.63) is 24.0 Å². The lowest BCUT2D eigenvalue weighted by molar-refractivity contribution is 0.216. The van der Waals surface area contributed by atoms with Crippen molar-refractivity contribution in [2.24, 2.45) is 5.92 Å². The zero-order chi connectivity index (χ0) is 12.1. The molecule has 2 heterocycles. The highest BCUT2D eigenvalue weighted by molar-refractivity contribution is 5.09. The summed E-state index contributed by atoms with van der Waals surface area (Å²) < 4.78 is 2.23. The van der Waals surface area contributed by atoms with Crippen molar-refractivity contribution in [2.75, 3.05) is 26.7 Å². The summed E-state index contributed by atoms with van der Waals surface area (Å²) in [5.41, 5.74) is 1.40. The van der Waals surface area contributed by atoms with Gasteiger partial charge in [0.25, 0.3) is 0 Å². The van der Waals surface area contributed by atoms with Gasteiger partial charge in [-0.2, -0.15) is 0 Å². The molecule has 0 radical (unpaired) electrons. The first kappa shape index (κ1) is 12.7. The Morgan fingerprint density at radius 1 is 1.35 bits per heavy atom. The van der Waals surface area contributed by atoms with E-state index in [4.69, 9.17) is 0 Å². The van der Waals surface area contributed by atoms with E-state index in [1.807, 2.05) is 0 Å². The molecule has 96 valence electrons. The zero-order valence-corrected chi connectivity index (χ0v) is 11.2. The van der Waals surface area contributed by atoms with Crippen LogP contribution in [0.5, 0.6) is 0 Å². The fourth-order valence-corrected chi connectivity index (χ4v) is 2.48. The molecule has 1 fully saturated rings. The van der Waals surface area contributed by atoms with Gasteiger partial charge in [-0.05, 0) is 64.0 Å². The number of nitrogens with zero attached hydrogens (tertiary/aromatic N) is 2. The van der Waals surface area contributed by atoms with Gasteiger partial charge in [0.2, 0.25) is 0 Å². The van der Waals surface area contributed by atoms with Crippen molar-refractivity contribution >= 4 is 0 Å². The molecule has 0 saturated carbocycles. The summed E-state index contributed by atoms with van der Waals surface area (Å²) in [5.74, 6) is 0.875. The smallest absolute Gasteiger partial charge is 0.0220 e. The predicted octanol–water partition coefficient (Wildman–Crippen LogP) is 1.94. The number of aryl methyl sites for hydroxylation is 1. The Morgan fingerprint density at radius 2 is 2.12 bits per heavy atom. The first-order chi connectivity index (χ1) is 8.28. The van der Waals surface area contributed by atoms with Crippen LogP contribution in [0.15, 0.2) is 18.5 Å². The van der Waals surface area contributed by atoms with Gasteiger partial charge in [-0.1, -0.05) is 0 Å². The third-order valence-corrected chi connectivity index (χ3v) is 3.78. The minimum Gasteiger partial charge on any atom is -0.354 e. The average Bonchev–Trinajstić information content (AvgIpc) is 2.80. The van der Waals surface area contributed by atoms with Crippen molar-refractivity contribution in [3.63, 3.8) is 0 Å². The molecule has 0 amide bonds. The molecule has 3 heteroatoms. The van der Waals surface area contributed by atoms with E-state index in [1.165, 1.54) is 38.0 Å². The second-order valence-electron chi connectivity index (χ2n) is 5.23. The molecule has 0 aliphatic carbocycles. The molecule has 0 atom stereocenters. The minimum atomic E-state index is 0.875. The van der Waals surface area contributed by atoms with Crippen LogP contribution in [0, 0.1) is 5.92 Å². The molecule has 1 saturated heterocycles. The van der Waals surface area contributed by atoms with E-state index in [9.17, 15) is 0 Å². The maximum absolute atomic E-state index is 3.59. The first-order valence-electron chi connectivity index (χ1n) is 6.82. The van der Waals surface area contributed by atoms with Gasteiger partial charge in [0.15, 0.2) is 0 Å². The lowest BCUT2D eigenvalue weighted by Crippen LogP contribution is -2.34. The summed E-state index contributed by atoms with van der Waals surface area (Å²) in [5, 5.41) is 3.59. The Labute approximate surface area is 105 Å². The molecule has 3 nitrogen and oxygen atoms in total. The van der Waals surface area contributed by atoms with Crippen LogP contribution in [0.1, 0.15) is 25.3 Å². The van der Waals surface area contributed by atoms with Crippen molar-refractivity contribution in [3.8, 4) is 0 Å². The van der Waals surface area contributed by atoms with Crippen molar-refractivity contribution in [1.82, 2.24) is 14.8 Å². The molecule has 0 aromatic carbocycles. The number of likely N-dealkylation sites (tertiary alicyclic amines) is 1. The number of nitrogens with one attached hydrogen (secondary N) is 1. The van der Waals surface area contributed by atoms with Gasteiger partial charge in [0, 0.05) is 25.5 Å². The monoisotopic (exact) mass is 235 g/mol. The molecule has 1 aromatic rings. The van der Waals surface area contributed by atoms with Crippen LogP contribution in [-0.2, 0) is 13.1 Å². The number of hydrogen-bond acceptors (Lipinski definition) is 2. The second kappa shape index (κ2) is 6.22. The molecule has 17 heavy (non-hydrogen) atoms. The Morgan fingerprint density at radius 3 is 2.76 bits per heavy atom. The number of rotatable bonds is 5. The predicted molar refractivity (Wildman–Crippen MR) is 72.0 cm³/mol. The summed E-state index contributed by atoms with van der Waals surface area (Å²) in [6, 6.07) is 2.21. The average molecular weight is 235 g/mol. The topological polar surface area (TPSA) is 20.2 Å². The van der Waals surface area contributed by atoms with Crippen molar-refractivity contribution < 1.29 is 0 Å². The molecule has 0 spiro atoms. The van der Waals surface area contributed by atoms with Crippen LogP contribution >= 0.6 is 0 Å². The van der Waals surface area contributed by atoms with Gasteiger partial charge in [-0.3, -0.25) is 0 Å². The molecular weight excluding hydrogens is 210 g/mol. The first-order valence-corrected chi connectivity index (χ1v) is 6.82. The fraction of sp³-hybridized carbons (Fsp3) is 0.714. The summed E-state index contributed by atoms with van der Waals surface area (Å²) in [4.78, 5) is 2.43. The Bertz CT molecular complexity index is 324.